The van der Waals surface area contributed by atoms with Crippen molar-refractivity contribution < 1.29 is 9.59 Å². The maximum absolute atomic E-state index is 12.4. The molecule has 0 radical (unpaired) electrons. The average Bonchev–Trinajstić information content (AvgIpc) is 2.52. The van der Waals surface area contributed by atoms with Crippen molar-refractivity contribution in [2.75, 3.05) is 19.6 Å². The number of likely N-dealkylation sites (tertiary alicyclic amines) is 1. The van der Waals surface area contributed by atoms with E-state index in [0.717, 1.165) is 32.5 Å². The standard InChI is InChI=1S/C15H18N4O2/c1-2-19-7-3-4-10(9-19)18-11-8-12(20)13-14(15(11)21)17-6-5-16-13/h5-6,10H,2-4,7-9H2,1H3. The summed E-state index contributed by atoms with van der Waals surface area (Å²) in [6, 6.07) is 0.101. The second-order valence-electron chi connectivity index (χ2n) is 5.45. The third kappa shape index (κ3) is 2.76. The fourth-order valence-electron chi connectivity index (χ4n) is 2.91. The molecule has 0 bridgehead atoms. The summed E-state index contributed by atoms with van der Waals surface area (Å²) in [4.78, 5) is 39.3. The second kappa shape index (κ2) is 5.81. The van der Waals surface area contributed by atoms with Gasteiger partial charge in [0.1, 0.15) is 11.4 Å². The van der Waals surface area contributed by atoms with Crippen molar-refractivity contribution in [1.82, 2.24) is 14.9 Å². The summed E-state index contributed by atoms with van der Waals surface area (Å²) in [5, 5.41) is 0. The fraction of sp³-hybridized carbons (Fsp3) is 0.533. The van der Waals surface area contributed by atoms with Crippen LogP contribution in [0.5, 0.6) is 0 Å². The van der Waals surface area contributed by atoms with E-state index in [4.69, 9.17) is 0 Å². The van der Waals surface area contributed by atoms with E-state index in [0.29, 0.717) is 5.71 Å². The van der Waals surface area contributed by atoms with Crippen LogP contribution in [0.2, 0.25) is 0 Å². The highest BCUT2D eigenvalue weighted by Gasteiger charge is 2.32. The Morgan fingerprint density at radius 3 is 2.81 bits per heavy atom. The van der Waals surface area contributed by atoms with E-state index < -0.39 is 0 Å². The third-order valence-electron chi connectivity index (χ3n) is 4.03. The lowest BCUT2D eigenvalue weighted by Crippen LogP contribution is -2.39. The van der Waals surface area contributed by atoms with Crippen molar-refractivity contribution in [3.8, 4) is 0 Å². The molecule has 1 aliphatic heterocycles. The molecule has 1 atom stereocenters. The molecule has 1 aliphatic carbocycles. The first-order valence-corrected chi connectivity index (χ1v) is 7.37. The quantitative estimate of drug-likeness (QED) is 0.815. The van der Waals surface area contributed by atoms with Crippen LogP contribution in [0, 0.1) is 0 Å². The number of Topliss-reactive ketones (excluding diaryl/α,β-unsaturated/α-hetero) is 2. The molecule has 2 aliphatic rings. The molecule has 0 aromatic carbocycles. The number of hydrogen-bond donors (Lipinski definition) is 0. The van der Waals surface area contributed by atoms with E-state index in [1.165, 1.54) is 12.4 Å². The van der Waals surface area contributed by atoms with Gasteiger partial charge >= 0.3 is 0 Å². The summed E-state index contributed by atoms with van der Waals surface area (Å²) in [6.45, 7) is 5.05. The van der Waals surface area contributed by atoms with Gasteiger partial charge in [0.15, 0.2) is 5.78 Å². The van der Waals surface area contributed by atoms with E-state index in [1.54, 1.807) is 0 Å². The zero-order valence-corrected chi connectivity index (χ0v) is 12.1. The Balaban J connectivity index is 1.85. The number of hydrogen-bond acceptors (Lipinski definition) is 6. The van der Waals surface area contributed by atoms with E-state index in [2.05, 4.69) is 26.8 Å². The van der Waals surface area contributed by atoms with Crippen LogP contribution in [0.15, 0.2) is 17.4 Å². The first kappa shape index (κ1) is 14.0. The van der Waals surface area contributed by atoms with E-state index in [-0.39, 0.29) is 35.4 Å². The molecule has 0 spiro atoms. The molecule has 6 heteroatoms. The van der Waals surface area contributed by atoms with Gasteiger partial charge in [0.05, 0.1) is 18.2 Å². The lowest BCUT2D eigenvalue weighted by molar-refractivity contribution is 0.0956. The number of likely N-dealkylation sites (N-methyl/N-ethyl adjacent to an activating group) is 1. The third-order valence-corrected chi connectivity index (χ3v) is 4.03. The number of carbonyl (C=O) groups is 2. The summed E-state index contributed by atoms with van der Waals surface area (Å²) < 4.78 is 0. The Morgan fingerprint density at radius 2 is 2.05 bits per heavy atom. The molecule has 1 aromatic heterocycles. The summed E-state index contributed by atoms with van der Waals surface area (Å²) in [7, 11) is 0. The van der Waals surface area contributed by atoms with Gasteiger partial charge in [-0.3, -0.25) is 14.6 Å². The summed E-state index contributed by atoms with van der Waals surface area (Å²) >= 11 is 0. The number of aromatic nitrogens is 2. The molecular weight excluding hydrogens is 268 g/mol. The Kier molecular flexibility index (Phi) is 3.88. The van der Waals surface area contributed by atoms with Crippen molar-refractivity contribution in [2.45, 2.75) is 32.2 Å². The predicted octanol–water partition coefficient (Wildman–Crippen LogP) is 1.17. The van der Waals surface area contributed by atoms with Gasteiger partial charge in [-0.25, -0.2) is 9.97 Å². The Bertz CT molecular complexity index is 611. The fourth-order valence-corrected chi connectivity index (χ4v) is 2.91. The molecule has 1 fully saturated rings. The van der Waals surface area contributed by atoms with Crippen molar-refractivity contribution >= 4 is 17.3 Å². The highest BCUT2D eigenvalue weighted by atomic mass is 16.1. The SMILES string of the molecule is CCN1CCCC(N=C2CC(=O)c3nccnc3C2=O)C1. The number of rotatable bonds is 2. The summed E-state index contributed by atoms with van der Waals surface area (Å²) in [6.07, 6.45) is 4.97. The number of aliphatic imine (C=N–C) groups is 1. The van der Waals surface area contributed by atoms with Crippen LogP contribution in [-0.4, -0.2) is 57.8 Å². The highest BCUT2D eigenvalue weighted by molar-refractivity contribution is 6.52. The normalized spacial score (nSPS) is 25.2. The van der Waals surface area contributed by atoms with Gasteiger partial charge < -0.3 is 4.90 Å². The highest BCUT2D eigenvalue weighted by Crippen LogP contribution is 2.19. The Hall–Kier alpha value is -1.95. The zero-order chi connectivity index (χ0) is 14.8. The molecule has 1 aromatic rings. The zero-order valence-electron chi connectivity index (χ0n) is 12.1. The second-order valence-corrected chi connectivity index (χ2v) is 5.45. The summed E-state index contributed by atoms with van der Waals surface area (Å²) in [5.41, 5.74) is 0.673. The lowest BCUT2D eigenvalue weighted by Gasteiger charge is -2.30. The molecule has 21 heavy (non-hydrogen) atoms. The van der Waals surface area contributed by atoms with Crippen molar-refractivity contribution in [3.63, 3.8) is 0 Å². The van der Waals surface area contributed by atoms with Gasteiger partial charge in [-0.1, -0.05) is 6.92 Å². The monoisotopic (exact) mass is 286 g/mol. The molecule has 6 nitrogen and oxygen atoms in total. The molecule has 110 valence electrons. The minimum absolute atomic E-state index is 0.0488. The molecule has 0 amide bonds. The molecule has 0 N–H and O–H groups in total. The Morgan fingerprint density at radius 1 is 1.29 bits per heavy atom. The minimum atomic E-state index is -0.244. The Labute approximate surface area is 123 Å². The molecule has 1 unspecified atom stereocenters. The number of ketones is 2. The van der Waals surface area contributed by atoms with Crippen molar-refractivity contribution in [2.24, 2.45) is 4.99 Å². The average molecular weight is 286 g/mol. The van der Waals surface area contributed by atoms with Gasteiger partial charge in [0.25, 0.3) is 0 Å². The predicted molar refractivity (Wildman–Crippen MR) is 77.9 cm³/mol. The first-order chi connectivity index (χ1) is 10.2. The number of fused-ring (bicyclic) bond motifs is 1. The van der Waals surface area contributed by atoms with Crippen LogP contribution < -0.4 is 0 Å². The van der Waals surface area contributed by atoms with Gasteiger partial charge in [0, 0.05) is 18.9 Å². The number of nitrogens with zero attached hydrogens (tertiary/aromatic N) is 4. The minimum Gasteiger partial charge on any atom is -0.301 e. The van der Waals surface area contributed by atoms with Gasteiger partial charge in [0.2, 0.25) is 5.78 Å². The number of piperidine rings is 1. The van der Waals surface area contributed by atoms with Gasteiger partial charge in [-0.05, 0) is 25.9 Å². The molecule has 3 rings (SSSR count). The van der Waals surface area contributed by atoms with Crippen LogP contribution in [0.25, 0.3) is 0 Å². The molecule has 2 heterocycles. The molecule has 0 saturated carbocycles. The van der Waals surface area contributed by atoms with Crippen LogP contribution in [0.4, 0.5) is 0 Å². The maximum atomic E-state index is 12.4. The van der Waals surface area contributed by atoms with Crippen LogP contribution in [-0.2, 0) is 0 Å². The smallest absolute Gasteiger partial charge is 0.227 e. The van der Waals surface area contributed by atoms with Gasteiger partial charge in [-0.15, -0.1) is 0 Å². The lowest BCUT2D eigenvalue weighted by atomic mass is 9.95. The van der Waals surface area contributed by atoms with Gasteiger partial charge in [-0.2, -0.15) is 0 Å². The van der Waals surface area contributed by atoms with Crippen LogP contribution in [0.1, 0.15) is 47.2 Å². The first-order valence-electron chi connectivity index (χ1n) is 7.37. The summed E-state index contributed by atoms with van der Waals surface area (Å²) in [5.74, 6) is -0.411. The van der Waals surface area contributed by atoms with Crippen LogP contribution >= 0.6 is 0 Å². The topological polar surface area (TPSA) is 75.5 Å². The molecule has 1 saturated heterocycles. The van der Waals surface area contributed by atoms with E-state index in [1.807, 2.05) is 0 Å². The van der Waals surface area contributed by atoms with E-state index >= 15 is 0 Å². The molecular formula is C15H18N4O2. The van der Waals surface area contributed by atoms with Crippen LogP contribution in [0.3, 0.4) is 0 Å². The largest absolute Gasteiger partial charge is 0.301 e. The van der Waals surface area contributed by atoms with Crippen molar-refractivity contribution in [3.05, 3.63) is 23.8 Å². The van der Waals surface area contributed by atoms with E-state index in [9.17, 15) is 9.59 Å². The van der Waals surface area contributed by atoms with Crippen molar-refractivity contribution in [1.29, 1.82) is 0 Å². The maximum Gasteiger partial charge on any atom is 0.227 e. The number of carbonyl (C=O) groups excluding carboxylic acids is 2.